The average Bonchev–Trinajstić information content (AvgIpc) is 3.13. The molecule has 2 aromatic carbocycles. The highest BCUT2D eigenvalue weighted by Gasteiger charge is 2.20. The zero-order chi connectivity index (χ0) is 20.2. The zero-order valence-corrected chi connectivity index (χ0v) is 17.1. The maximum atomic E-state index is 9.91. The van der Waals surface area contributed by atoms with E-state index in [1.54, 1.807) is 0 Å². The topological polar surface area (TPSA) is 53.1 Å². The number of para-hydroxylation sites is 2. The van der Waals surface area contributed by atoms with Gasteiger partial charge < -0.3 is 5.32 Å². The number of aromatic nitrogens is 2. The lowest BCUT2D eigenvalue weighted by atomic mass is 9.99. The fourth-order valence-electron chi connectivity index (χ4n) is 4.01. The lowest BCUT2D eigenvalue weighted by Crippen LogP contribution is -2.11. The van der Waals surface area contributed by atoms with E-state index in [9.17, 15) is 5.26 Å². The maximum Gasteiger partial charge on any atom is 0.157 e. The smallest absolute Gasteiger partial charge is 0.157 e. The molecule has 0 atom stereocenters. The number of unbranched alkanes of at least 4 members (excludes halogenated alkanes) is 2. The largest absolute Gasteiger partial charge is 0.367 e. The van der Waals surface area contributed by atoms with Crippen LogP contribution < -0.4 is 5.32 Å². The Balaban J connectivity index is 1.92. The summed E-state index contributed by atoms with van der Waals surface area (Å²) in [5.74, 6) is 1.06. The first-order valence-electron chi connectivity index (χ1n) is 10.3. The summed E-state index contributed by atoms with van der Waals surface area (Å²) in [6.07, 6.45) is 4.42. The molecule has 0 saturated heterocycles. The van der Waals surface area contributed by atoms with Gasteiger partial charge in [0.1, 0.15) is 11.9 Å². The van der Waals surface area contributed by atoms with Crippen LogP contribution in [0.2, 0.25) is 0 Å². The van der Waals surface area contributed by atoms with Crippen LogP contribution in [0.3, 0.4) is 0 Å². The number of fused-ring (bicyclic) bond motifs is 3. The normalized spacial score (nSPS) is 11.1. The van der Waals surface area contributed by atoms with Crippen molar-refractivity contribution in [1.29, 1.82) is 5.26 Å². The van der Waals surface area contributed by atoms with Crippen molar-refractivity contribution in [1.82, 2.24) is 9.38 Å². The molecule has 0 amide bonds. The summed E-state index contributed by atoms with van der Waals surface area (Å²) in [5.41, 5.74) is 6.86. The first kappa shape index (κ1) is 19.0. The van der Waals surface area contributed by atoms with Crippen molar-refractivity contribution < 1.29 is 0 Å². The van der Waals surface area contributed by atoms with Crippen LogP contribution in [-0.2, 0) is 13.0 Å². The Morgan fingerprint density at radius 2 is 1.79 bits per heavy atom. The number of anilines is 1. The second-order valence-electron chi connectivity index (χ2n) is 7.49. The summed E-state index contributed by atoms with van der Waals surface area (Å²) in [6.45, 7) is 5.01. The number of nitriles is 1. The van der Waals surface area contributed by atoms with Crippen molar-refractivity contribution in [3.05, 3.63) is 76.9 Å². The first-order valence-corrected chi connectivity index (χ1v) is 10.3. The summed E-state index contributed by atoms with van der Waals surface area (Å²) in [7, 11) is 0. The van der Waals surface area contributed by atoms with E-state index in [0.717, 1.165) is 47.4 Å². The van der Waals surface area contributed by atoms with Gasteiger partial charge in [0.15, 0.2) is 5.65 Å². The molecule has 0 saturated carbocycles. The molecular formula is C25H26N4. The van der Waals surface area contributed by atoms with E-state index in [1.807, 2.05) is 24.3 Å². The number of hydrogen-bond acceptors (Lipinski definition) is 3. The van der Waals surface area contributed by atoms with Gasteiger partial charge in [-0.2, -0.15) is 5.26 Å². The van der Waals surface area contributed by atoms with Gasteiger partial charge in [-0.1, -0.05) is 62.2 Å². The van der Waals surface area contributed by atoms with E-state index < -0.39 is 0 Å². The summed E-state index contributed by atoms with van der Waals surface area (Å²) < 4.78 is 2.14. The third-order valence-corrected chi connectivity index (χ3v) is 5.57. The van der Waals surface area contributed by atoms with Gasteiger partial charge in [-0.25, -0.2) is 4.98 Å². The lowest BCUT2D eigenvalue weighted by molar-refractivity contribution is 0.713. The predicted molar refractivity (Wildman–Crippen MR) is 119 cm³/mol. The van der Waals surface area contributed by atoms with E-state index in [4.69, 9.17) is 4.98 Å². The molecule has 2 aromatic heterocycles. The molecule has 0 aliphatic heterocycles. The fourth-order valence-corrected chi connectivity index (χ4v) is 4.01. The van der Waals surface area contributed by atoms with Crippen molar-refractivity contribution in [2.45, 2.75) is 46.1 Å². The van der Waals surface area contributed by atoms with Crippen LogP contribution in [0.15, 0.2) is 54.6 Å². The molecule has 0 radical (unpaired) electrons. The van der Waals surface area contributed by atoms with Crippen LogP contribution in [0, 0.1) is 18.3 Å². The molecule has 0 fully saturated rings. The molecule has 4 nitrogen and oxygen atoms in total. The van der Waals surface area contributed by atoms with Gasteiger partial charge in [-0.15, -0.1) is 0 Å². The summed E-state index contributed by atoms with van der Waals surface area (Å²) in [5, 5.41) is 13.6. The van der Waals surface area contributed by atoms with Crippen LogP contribution >= 0.6 is 0 Å². The Labute approximate surface area is 171 Å². The molecule has 1 N–H and O–H groups in total. The predicted octanol–water partition coefficient (Wildman–Crippen LogP) is 6.01. The minimum atomic E-state index is 0.679. The van der Waals surface area contributed by atoms with Gasteiger partial charge in [-0.3, -0.25) is 4.40 Å². The van der Waals surface area contributed by atoms with Crippen molar-refractivity contribution in [3.8, 4) is 6.07 Å². The maximum absolute atomic E-state index is 9.91. The summed E-state index contributed by atoms with van der Waals surface area (Å²) in [4.78, 5) is 4.80. The van der Waals surface area contributed by atoms with Crippen LogP contribution in [0.4, 0.5) is 5.82 Å². The standard InChI is InChI=1S/C25H26N4/c1-3-4-6-13-20-18(2)21(16-26)25-28-22-14-9-10-15-23(22)29(25)24(20)27-17-19-11-7-5-8-12-19/h5,7-12,14-15,27H,3-4,6,13,17H2,1-2H3. The van der Waals surface area contributed by atoms with Crippen LogP contribution in [0.1, 0.15) is 48.4 Å². The van der Waals surface area contributed by atoms with Crippen molar-refractivity contribution in [2.75, 3.05) is 5.32 Å². The molecule has 146 valence electrons. The van der Waals surface area contributed by atoms with Crippen molar-refractivity contribution in [2.24, 2.45) is 0 Å². The quantitative estimate of drug-likeness (QED) is 0.398. The first-order chi connectivity index (χ1) is 14.2. The van der Waals surface area contributed by atoms with E-state index in [2.05, 4.69) is 60.0 Å². The molecular weight excluding hydrogens is 356 g/mol. The van der Waals surface area contributed by atoms with E-state index >= 15 is 0 Å². The Hall–Kier alpha value is -3.32. The fraction of sp³-hybridized carbons (Fsp3) is 0.280. The Morgan fingerprint density at radius 1 is 1.03 bits per heavy atom. The van der Waals surface area contributed by atoms with Gasteiger partial charge in [0.2, 0.25) is 0 Å². The number of hydrogen-bond donors (Lipinski definition) is 1. The SMILES string of the molecule is CCCCCc1c(C)c(C#N)c2nc3ccccc3n2c1NCc1ccccc1. The summed E-state index contributed by atoms with van der Waals surface area (Å²) in [6, 6.07) is 20.9. The zero-order valence-electron chi connectivity index (χ0n) is 17.1. The number of nitrogens with one attached hydrogen (secondary N) is 1. The van der Waals surface area contributed by atoms with Gasteiger partial charge in [-0.05, 0) is 48.6 Å². The minimum absolute atomic E-state index is 0.679. The molecule has 4 heteroatoms. The van der Waals surface area contributed by atoms with Gasteiger partial charge >= 0.3 is 0 Å². The van der Waals surface area contributed by atoms with Crippen molar-refractivity contribution in [3.63, 3.8) is 0 Å². The Bertz CT molecular complexity index is 1180. The highest BCUT2D eigenvalue weighted by Crippen LogP contribution is 2.32. The van der Waals surface area contributed by atoms with Crippen LogP contribution in [-0.4, -0.2) is 9.38 Å². The molecule has 0 aliphatic carbocycles. The third kappa shape index (κ3) is 3.56. The Morgan fingerprint density at radius 3 is 2.55 bits per heavy atom. The summed E-state index contributed by atoms with van der Waals surface area (Å²) >= 11 is 0. The second kappa shape index (κ2) is 8.36. The van der Waals surface area contributed by atoms with Gasteiger partial charge in [0.05, 0.1) is 16.6 Å². The number of nitrogens with zero attached hydrogens (tertiary/aromatic N) is 3. The Kier molecular flexibility index (Phi) is 5.48. The molecule has 0 aliphatic rings. The van der Waals surface area contributed by atoms with E-state index in [0.29, 0.717) is 5.56 Å². The second-order valence-corrected chi connectivity index (χ2v) is 7.49. The monoisotopic (exact) mass is 382 g/mol. The number of benzene rings is 2. The number of imidazole rings is 1. The molecule has 4 rings (SSSR count). The highest BCUT2D eigenvalue weighted by molar-refractivity contribution is 5.86. The third-order valence-electron chi connectivity index (χ3n) is 5.57. The molecule has 29 heavy (non-hydrogen) atoms. The van der Waals surface area contributed by atoms with Crippen molar-refractivity contribution >= 4 is 22.5 Å². The number of rotatable bonds is 7. The highest BCUT2D eigenvalue weighted by atomic mass is 15.1. The molecule has 0 spiro atoms. The lowest BCUT2D eigenvalue weighted by Gasteiger charge is -2.19. The van der Waals surface area contributed by atoms with E-state index in [1.165, 1.54) is 24.0 Å². The van der Waals surface area contributed by atoms with Gasteiger partial charge in [0.25, 0.3) is 0 Å². The molecule has 2 heterocycles. The molecule has 0 bridgehead atoms. The minimum Gasteiger partial charge on any atom is -0.367 e. The van der Waals surface area contributed by atoms with Crippen LogP contribution in [0.5, 0.6) is 0 Å². The number of pyridine rings is 1. The van der Waals surface area contributed by atoms with Gasteiger partial charge in [0, 0.05) is 6.54 Å². The molecule has 0 unspecified atom stereocenters. The van der Waals surface area contributed by atoms with E-state index in [-0.39, 0.29) is 0 Å². The average molecular weight is 383 g/mol. The molecule has 4 aromatic rings. The van der Waals surface area contributed by atoms with Crippen LogP contribution in [0.25, 0.3) is 16.7 Å².